The molecule has 0 fully saturated rings. The van der Waals surface area contributed by atoms with Crippen LogP contribution < -0.4 is 14.8 Å². The quantitative estimate of drug-likeness (QED) is 0.856. The highest BCUT2D eigenvalue weighted by molar-refractivity contribution is 9.10. The number of rotatable bonds is 6. The molecular formula is C14H17BrN4O2. The maximum atomic E-state index is 5.67. The van der Waals surface area contributed by atoms with Crippen molar-refractivity contribution in [1.82, 2.24) is 15.0 Å². The van der Waals surface area contributed by atoms with Gasteiger partial charge >= 0.3 is 12.0 Å². The van der Waals surface area contributed by atoms with Crippen molar-refractivity contribution in [3.8, 4) is 17.8 Å². The second-order valence-electron chi connectivity index (χ2n) is 4.34. The maximum Gasteiger partial charge on any atom is 0.330 e. The number of nitrogens with zero attached hydrogens (tertiary/aromatic N) is 3. The van der Waals surface area contributed by atoms with E-state index in [0.29, 0.717) is 18.3 Å². The highest BCUT2D eigenvalue weighted by Crippen LogP contribution is 2.25. The highest BCUT2D eigenvalue weighted by Gasteiger charge is 2.09. The van der Waals surface area contributed by atoms with Crippen LogP contribution in [0.25, 0.3) is 0 Å². The summed E-state index contributed by atoms with van der Waals surface area (Å²) >= 11 is 3.45. The third kappa shape index (κ3) is 4.29. The van der Waals surface area contributed by atoms with Crippen LogP contribution in [-0.2, 0) is 0 Å². The van der Waals surface area contributed by atoms with E-state index in [4.69, 9.17) is 9.47 Å². The van der Waals surface area contributed by atoms with E-state index in [9.17, 15) is 0 Å². The van der Waals surface area contributed by atoms with Crippen molar-refractivity contribution < 1.29 is 9.47 Å². The second-order valence-corrected chi connectivity index (χ2v) is 5.19. The molecule has 0 atom stereocenters. The average Bonchev–Trinajstić information content (AvgIpc) is 2.48. The van der Waals surface area contributed by atoms with Gasteiger partial charge in [0, 0.05) is 11.5 Å². The number of ether oxygens (including phenoxy) is 2. The molecule has 2 aromatic rings. The Labute approximate surface area is 132 Å². The Kier molecular flexibility index (Phi) is 5.32. The summed E-state index contributed by atoms with van der Waals surface area (Å²) in [6, 6.07) is 6.10. The molecule has 0 bridgehead atoms. The zero-order valence-electron chi connectivity index (χ0n) is 12.2. The van der Waals surface area contributed by atoms with Crippen molar-refractivity contribution in [3.05, 3.63) is 28.2 Å². The number of aromatic nitrogens is 3. The fraction of sp³-hybridized carbons (Fsp3) is 0.357. The molecule has 0 aliphatic carbocycles. The Morgan fingerprint density at radius 2 is 1.95 bits per heavy atom. The minimum atomic E-state index is 0.196. The van der Waals surface area contributed by atoms with Gasteiger partial charge in [-0.1, -0.05) is 22.9 Å². The third-order valence-electron chi connectivity index (χ3n) is 2.59. The van der Waals surface area contributed by atoms with Gasteiger partial charge in [-0.25, -0.2) is 0 Å². The van der Waals surface area contributed by atoms with Crippen LogP contribution in [0.3, 0.4) is 0 Å². The van der Waals surface area contributed by atoms with Gasteiger partial charge in [0.25, 0.3) is 0 Å². The van der Waals surface area contributed by atoms with Gasteiger partial charge in [0.1, 0.15) is 5.75 Å². The van der Waals surface area contributed by atoms with Crippen molar-refractivity contribution in [2.75, 3.05) is 19.0 Å². The van der Waals surface area contributed by atoms with Crippen LogP contribution in [0, 0.1) is 6.92 Å². The molecule has 0 spiro atoms. The van der Waals surface area contributed by atoms with Crippen LogP contribution in [0.4, 0.5) is 5.95 Å². The summed E-state index contributed by atoms with van der Waals surface area (Å²) in [4.78, 5) is 12.4. The molecule has 0 saturated heterocycles. The van der Waals surface area contributed by atoms with Gasteiger partial charge in [0.05, 0.1) is 6.61 Å². The first kappa shape index (κ1) is 15.5. The fourth-order valence-corrected chi connectivity index (χ4v) is 1.79. The van der Waals surface area contributed by atoms with Crippen molar-refractivity contribution in [2.45, 2.75) is 20.3 Å². The van der Waals surface area contributed by atoms with Crippen molar-refractivity contribution in [1.29, 1.82) is 0 Å². The lowest BCUT2D eigenvalue weighted by Crippen LogP contribution is -2.06. The Morgan fingerprint density at radius 1 is 1.19 bits per heavy atom. The first-order chi connectivity index (χ1) is 10.1. The molecule has 1 aromatic carbocycles. The van der Waals surface area contributed by atoms with E-state index in [1.165, 1.54) is 0 Å². The number of anilines is 1. The van der Waals surface area contributed by atoms with Crippen LogP contribution in [0.2, 0.25) is 0 Å². The molecule has 112 valence electrons. The second kappa shape index (κ2) is 7.21. The van der Waals surface area contributed by atoms with Crippen molar-refractivity contribution >= 4 is 21.9 Å². The summed E-state index contributed by atoms with van der Waals surface area (Å²) in [5.74, 6) is 1.06. The van der Waals surface area contributed by atoms with Gasteiger partial charge in [-0.05, 0) is 37.1 Å². The largest absolute Gasteiger partial charge is 0.463 e. The van der Waals surface area contributed by atoms with E-state index in [-0.39, 0.29) is 12.0 Å². The van der Waals surface area contributed by atoms with Gasteiger partial charge in [-0.15, -0.1) is 4.98 Å². The van der Waals surface area contributed by atoms with E-state index in [2.05, 4.69) is 36.2 Å². The van der Waals surface area contributed by atoms with Gasteiger partial charge in [0.15, 0.2) is 0 Å². The molecule has 2 rings (SSSR count). The summed E-state index contributed by atoms with van der Waals surface area (Å²) in [5.41, 5.74) is 1.07. The number of benzene rings is 1. The lowest BCUT2D eigenvalue weighted by atomic mass is 10.2. The summed E-state index contributed by atoms with van der Waals surface area (Å²) in [5, 5.41) is 2.86. The minimum absolute atomic E-state index is 0.196. The summed E-state index contributed by atoms with van der Waals surface area (Å²) in [6.45, 7) is 4.55. The van der Waals surface area contributed by atoms with Gasteiger partial charge < -0.3 is 14.8 Å². The van der Waals surface area contributed by atoms with Crippen LogP contribution in [0.1, 0.15) is 18.9 Å². The van der Waals surface area contributed by atoms with Crippen molar-refractivity contribution in [2.24, 2.45) is 0 Å². The fourth-order valence-electron chi connectivity index (χ4n) is 1.54. The summed E-state index contributed by atoms with van der Waals surface area (Å²) < 4.78 is 12.1. The molecule has 0 unspecified atom stereocenters. The van der Waals surface area contributed by atoms with Crippen LogP contribution >= 0.6 is 15.9 Å². The highest BCUT2D eigenvalue weighted by atomic mass is 79.9. The average molecular weight is 353 g/mol. The van der Waals surface area contributed by atoms with E-state index >= 15 is 0 Å². The molecule has 21 heavy (non-hydrogen) atoms. The number of aryl methyl sites for hydroxylation is 1. The minimum Gasteiger partial charge on any atom is -0.463 e. The molecule has 0 aliphatic heterocycles. The van der Waals surface area contributed by atoms with Gasteiger partial charge in [-0.2, -0.15) is 9.97 Å². The van der Waals surface area contributed by atoms with E-state index in [1.54, 1.807) is 7.05 Å². The first-order valence-electron chi connectivity index (χ1n) is 6.63. The Morgan fingerprint density at radius 3 is 2.62 bits per heavy atom. The molecule has 0 amide bonds. The molecule has 1 N–H and O–H groups in total. The first-order valence-corrected chi connectivity index (χ1v) is 7.42. The van der Waals surface area contributed by atoms with E-state index in [1.807, 2.05) is 32.0 Å². The van der Waals surface area contributed by atoms with Crippen LogP contribution in [0.5, 0.6) is 17.8 Å². The van der Waals surface area contributed by atoms with Gasteiger partial charge in [0.2, 0.25) is 5.95 Å². The molecule has 6 nitrogen and oxygen atoms in total. The summed E-state index contributed by atoms with van der Waals surface area (Å²) in [7, 11) is 1.73. The van der Waals surface area contributed by atoms with E-state index in [0.717, 1.165) is 16.5 Å². The summed E-state index contributed by atoms with van der Waals surface area (Å²) in [6.07, 6.45) is 0.878. The SMILES string of the molecule is CCCOc1nc(NC)nc(Oc2ccc(Br)c(C)c2)n1. The topological polar surface area (TPSA) is 69.2 Å². The molecule has 0 aliphatic rings. The lowest BCUT2D eigenvalue weighted by Gasteiger charge is -2.09. The maximum absolute atomic E-state index is 5.67. The number of nitrogens with one attached hydrogen (secondary N) is 1. The normalized spacial score (nSPS) is 10.3. The smallest absolute Gasteiger partial charge is 0.330 e. The van der Waals surface area contributed by atoms with E-state index < -0.39 is 0 Å². The number of halogens is 1. The lowest BCUT2D eigenvalue weighted by molar-refractivity contribution is 0.285. The van der Waals surface area contributed by atoms with Crippen molar-refractivity contribution in [3.63, 3.8) is 0 Å². The Hall–Kier alpha value is -1.89. The predicted molar refractivity (Wildman–Crippen MR) is 84.1 cm³/mol. The molecule has 1 heterocycles. The number of hydrogen-bond donors (Lipinski definition) is 1. The monoisotopic (exact) mass is 352 g/mol. The van der Waals surface area contributed by atoms with Gasteiger partial charge in [-0.3, -0.25) is 0 Å². The van der Waals surface area contributed by atoms with Crippen LogP contribution in [-0.4, -0.2) is 28.6 Å². The zero-order chi connectivity index (χ0) is 15.2. The molecule has 7 heteroatoms. The predicted octanol–water partition coefficient (Wildman–Crippen LogP) is 3.57. The molecular weight excluding hydrogens is 336 g/mol. The molecule has 1 aromatic heterocycles. The molecule has 0 radical (unpaired) electrons. The molecule has 0 saturated carbocycles. The standard InChI is InChI=1S/C14H17BrN4O2/c1-4-7-20-13-17-12(16-3)18-14(19-13)21-10-5-6-11(15)9(2)8-10/h5-6,8H,4,7H2,1-3H3,(H,16,17,18,19). The van der Waals surface area contributed by atoms with Crippen LogP contribution in [0.15, 0.2) is 22.7 Å². The Balaban J connectivity index is 2.23. The zero-order valence-corrected chi connectivity index (χ0v) is 13.8. The third-order valence-corrected chi connectivity index (χ3v) is 3.48. The number of hydrogen-bond acceptors (Lipinski definition) is 6. The Bertz CT molecular complexity index is 622.